The van der Waals surface area contributed by atoms with Crippen LogP contribution in [-0.2, 0) is 16.6 Å². The van der Waals surface area contributed by atoms with E-state index in [0.29, 0.717) is 19.0 Å². The first kappa shape index (κ1) is 22.2. The third-order valence-corrected chi connectivity index (χ3v) is 3.80. The Balaban J connectivity index is 0.00000338. The number of aryl methyl sites for hydroxylation is 1. The van der Waals surface area contributed by atoms with Crippen LogP contribution in [0.4, 0.5) is 5.69 Å². The molecule has 0 saturated carbocycles. The molecule has 26 heavy (non-hydrogen) atoms. The molecule has 0 unspecified atom stereocenters. The van der Waals surface area contributed by atoms with Crippen molar-refractivity contribution in [2.75, 3.05) is 45.2 Å². The first-order chi connectivity index (χ1) is 11.8. The van der Waals surface area contributed by atoms with Crippen LogP contribution in [0, 0.1) is 0 Å². The van der Waals surface area contributed by atoms with Crippen LogP contribution in [-0.4, -0.2) is 83.7 Å². The van der Waals surface area contributed by atoms with Gasteiger partial charge in [-0.1, -0.05) is 0 Å². The molecule has 1 aliphatic rings. The summed E-state index contributed by atoms with van der Waals surface area (Å²) in [4.78, 5) is 33.9. The number of hydrogen-bond donors (Lipinski definition) is 1. The van der Waals surface area contributed by atoms with E-state index in [4.69, 9.17) is 0 Å². The quantitative estimate of drug-likeness (QED) is 0.379. The molecule has 0 atom stereocenters. The maximum absolute atomic E-state index is 12.5. The number of aromatic nitrogens is 2. The topological polar surface area (TPSA) is 86.1 Å². The minimum absolute atomic E-state index is 0. The van der Waals surface area contributed by atoms with E-state index in [-0.39, 0.29) is 54.9 Å². The number of rotatable bonds is 4. The second kappa shape index (κ2) is 9.74. The largest absolute Gasteiger partial charge is 0.354 e. The molecule has 1 fully saturated rings. The van der Waals surface area contributed by atoms with Crippen molar-refractivity contribution in [3.05, 3.63) is 12.4 Å². The van der Waals surface area contributed by atoms with Gasteiger partial charge in [0.15, 0.2) is 5.96 Å². The summed E-state index contributed by atoms with van der Waals surface area (Å²) >= 11 is 0. The van der Waals surface area contributed by atoms with Crippen LogP contribution >= 0.6 is 24.0 Å². The molecule has 0 aliphatic carbocycles. The second-order valence-corrected chi connectivity index (χ2v) is 6.57. The summed E-state index contributed by atoms with van der Waals surface area (Å²) in [5, 5.41) is 7.36. The molecule has 0 aromatic carbocycles. The van der Waals surface area contributed by atoms with Crippen LogP contribution in [0.15, 0.2) is 17.4 Å². The van der Waals surface area contributed by atoms with Gasteiger partial charge in [0.2, 0.25) is 11.8 Å². The highest BCUT2D eigenvalue weighted by Crippen LogP contribution is 2.16. The van der Waals surface area contributed by atoms with Gasteiger partial charge in [-0.25, -0.2) is 4.99 Å². The number of nitrogens with zero attached hydrogens (tertiary/aromatic N) is 6. The first-order valence-corrected chi connectivity index (χ1v) is 8.33. The summed E-state index contributed by atoms with van der Waals surface area (Å²) in [6.07, 6.45) is 3.51. The van der Waals surface area contributed by atoms with E-state index in [1.54, 1.807) is 29.9 Å². The Morgan fingerprint density at radius 2 is 2.08 bits per heavy atom. The van der Waals surface area contributed by atoms with Crippen molar-refractivity contribution in [2.45, 2.75) is 19.9 Å². The van der Waals surface area contributed by atoms with Crippen LogP contribution in [0.3, 0.4) is 0 Å². The number of carbonyl (C=O) groups excluding carboxylic acids is 2. The average Bonchev–Trinajstić information content (AvgIpc) is 2.96. The number of likely N-dealkylation sites (N-methyl/N-ethyl adjacent to an activating group) is 1. The van der Waals surface area contributed by atoms with Gasteiger partial charge < -0.3 is 20.0 Å². The van der Waals surface area contributed by atoms with Gasteiger partial charge in [0.05, 0.1) is 11.9 Å². The van der Waals surface area contributed by atoms with E-state index in [1.807, 2.05) is 32.0 Å². The molecule has 1 aliphatic heterocycles. The average molecular weight is 477 g/mol. The molecule has 2 rings (SSSR count). The van der Waals surface area contributed by atoms with Gasteiger partial charge in [-0.05, 0) is 13.8 Å². The molecule has 0 radical (unpaired) electrons. The van der Waals surface area contributed by atoms with Gasteiger partial charge in [0.1, 0.15) is 13.1 Å². The Labute approximate surface area is 171 Å². The SMILES string of the molecule is CC(C)NC(=NCC(=O)N(C)C)N1CCN(c2cnn(C)c2)C(=O)C1.I. The van der Waals surface area contributed by atoms with Crippen molar-refractivity contribution in [2.24, 2.45) is 12.0 Å². The number of halogens is 1. The maximum Gasteiger partial charge on any atom is 0.246 e. The van der Waals surface area contributed by atoms with Crippen LogP contribution in [0.25, 0.3) is 0 Å². The number of aliphatic imine (C=N–C) groups is 1. The highest BCUT2D eigenvalue weighted by molar-refractivity contribution is 14.0. The Bertz CT molecular complexity index is 657. The molecule has 146 valence electrons. The number of anilines is 1. The van der Waals surface area contributed by atoms with E-state index in [0.717, 1.165) is 5.69 Å². The van der Waals surface area contributed by atoms with E-state index < -0.39 is 0 Å². The van der Waals surface area contributed by atoms with Crippen LogP contribution in [0.5, 0.6) is 0 Å². The normalized spacial score (nSPS) is 15.2. The Kier molecular flexibility index (Phi) is 8.31. The number of nitrogens with one attached hydrogen (secondary N) is 1. The third-order valence-electron chi connectivity index (χ3n) is 3.80. The van der Waals surface area contributed by atoms with Crippen LogP contribution < -0.4 is 10.2 Å². The summed E-state index contributed by atoms with van der Waals surface area (Å²) in [5.74, 6) is 0.490. The monoisotopic (exact) mass is 477 g/mol. The molecule has 1 aromatic rings. The minimum atomic E-state index is -0.0802. The lowest BCUT2D eigenvalue weighted by Gasteiger charge is -2.36. The summed E-state index contributed by atoms with van der Waals surface area (Å²) in [6, 6.07) is 0.152. The molecule has 1 saturated heterocycles. The third kappa shape index (κ3) is 5.85. The van der Waals surface area contributed by atoms with Gasteiger partial charge in [0.25, 0.3) is 0 Å². The Hall–Kier alpha value is -1.85. The molecule has 9 nitrogen and oxygen atoms in total. The molecule has 10 heteroatoms. The van der Waals surface area contributed by atoms with Crippen molar-refractivity contribution in [3.8, 4) is 0 Å². The molecule has 2 heterocycles. The van der Waals surface area contributed by atoms with Gasteiger partial charge in [-0.15, -0.1) is 24.0 Å². The van der Waals surface area contributed by atoms with Crippen molar-refractivity contribution < 1.29 is 9.59 Å². The lowest BCUT2D eigenvalue weighted by atomic mass is 10.3. The molecule has 2 amide bonds. The molecule has 0 bridgehead atoms. The zero-order valence-corrected chi connectivity index (χ0v) is 18.3. The van der Waals surface area contributed by atoms with Gasteiger partial charge in [0, 0.05) is 46.5 Å². The number of carbonyl (C=O) groups is 2. The van der Waals surface area contributed by atoms with Crippen molar-refractivity contribution in [1.29, 1.82) is 0 Å². The highest BCUT2D eigenvalue weighted by atomic mass is 127. The van der Waals surface area contributed by atoms with Crippen LogP contribution in [0.2, 0.25) is 0 Å². The molecule has 0 spiro atoms. The van der Waals surface area contributed by atoms with Crippen molar-refractivity contribution >= 4 is 47.4 Å². The van der Waals surface area contributed by atoms with Crippen molar-refractivity contribution in [1.82, 2.24) is 24.9 Å². The zero-order valence-electron chi connectivity index (χ0n) is 16.0. The maximum atomic E-state index is 12.5. The summed E-state index contributed by atoms with van der Waals surface area (Å²) in [6.45, 7) is 5.44. The number of guanidine groups is 1. The fourth-order valence-corrected chi connectivity index (χ4v) is 2.45. The van der Waals surface area contributed by atoms with E-state index in [2.05, 4.69) is 15.4 Å². The lowest BCUT2D eigenvalue weighted by Crippen LogP contribution is -2.56. The van der Waals surface area contributed by atoms with Crippen LogP contribution in [0.1, 0.15) is 13.8 Å². The smallest absolute Gasteiger partial charge is 0.246 e. The fraction of sp³-hybridized carbons (Fsp3) is 0.625. The lowest BCUT2D eigenvalue weighted by molar-refractivity contribution is -0.127. The Morgan fingerprint density at radius 1 is 1.38 bits per heavy atom. The van der Waals surface area contributed by atoms with Crippen molar-refractivity contribution in [3.63, 3.8) is 0 Å². The molecule has 1 N–H and O–H groups in total. The number of hydrogen-bond acceptors (Lipinski definition) is 4. The Morgan fingerprint density at radius 3 is 2.58 bits per heavy atom. The minimum Gasteiger partial charge on any atom is -0.354 e. The predicted octanol–water partition coefficient (Wildman–Crippen LogP) is 0.129. The second-order valence-electron chi connectivity index (χ2n) is 6.57. The predicted molar refractivity (Wildman–Crippen MR) is 112 cm³/mol. The molecular formula is C16H28IN7O2. The highest BCUT2D eigenvalue weighted by Gasteiger charge is 2.28. The summed E-state index contributed by atoms with van der Waals surface area (Å²) < 4.78 is 1.68. The fourth-order valence-electron chi connectivity index (χ4n) is 2.45. The standard InChI is InChI=1S/C16H27N7O2.HI/c1-12(2)19-16(17-9-14(24)20(3)4)22-6-7-23(15(25)11-22)13-8-18-21(5)10-13;/h8,10,12H,6-7,9,11H2,1-5H3,(H,17,19);1H. The van der Waals surface area contributed by atoms with E-state index in [9.17, 15) is 9.59 Å². The van der Waals surface area contributed by atoms with Gasteiger partial charge in [-0.3, -0.25) is 14.3 Å². The zero-order chi connectivity index (χ0) is 18.6. The first-order valence-electron chi connectivity index (χ1n) is 8.33. The van der Waals surface area contributed by atoms with E-state index >= 15 is 0 Å². The number of piperazine rings is 1. The van der Waals surface area contributed by atoms with Gasteiger partial charge >= 0.3 is 0 Å². The summed E-state index contributed by atoms with van der Waals surface area (Å²) in [7, 11) is 5.22. The van der Waals surface area contributed by atoms with E-state index in [1.165, 1.54) is 4.90 Å². The number of amides is 2. The molecular weight excluding hydrogens is 449 g/mol. The molecule has 1 aromatic heterocycles. The van der Waals surface area contributed by atoms with Gasteiger partial charge in [-0.2, -0.15) is 5.10 Å². The summed E-state index contributed by atoms with van der Waals surface area (Å²) in [5.41, 5.74) is 0.797.